The van der Waals surface area contributed by atoms with E-state index in [1.54, 1.807) is 0 Å². The van der Waals surface area contributed by atoms with Gasteiger partial charge in [-0.1, -0.05) is 0 Å². The van der Waals surface area contributed by atoms with Gasteiger partial charge in [-0.15, -0.1) is 0 Å². The van der Waals surface area contributed by atoms with Crippen LogP contribution in [0.3, 0.4) is 0 Å². The third-order valence-electron chi connectivity index (χ3n) is 5.93. The van der Waals surface area contributed by atoms with E-state index in [-0.39, 0.29) is 0 Å². The normalized spacial score (nSPS) is 12.9. The Bertz CT molecular complexity index is 621. The van der Waals surface area contributed by atoms with Crippen LogP contribution in [0.4, 0.5) is 26.3 Å². The van der Waals surface area contributed by atoms with Crippen LogP contribution < -0.4 is 0 Å². The number of nitrogens with zero attached hydrogens (tertiary/aromatic N) is 2. The van der Waals surface area contributed by atoms with Gasteiger partial charge in [0.2, 0.25) is 0 Å². The van der Waals surface area contributed by atoms with E-state index in [2.05, 4.69) is 55.4 Å². The zero-order valence-electron chi connectivity index (χ0n) is 21.1. The maximum Gasteiger partial charge on any atom is 0.485 e. The predicted molar refractivity (Wildman–Crippen MR) is 116 cm³/mol. The molecule has 0 aromatic rings. The third kappa shape index (κ3) is 16.9. The highest BCUT2D eigenvalue weighted by Gasteiger charge is 2.37. The van der Waals surface area contributed by atoms with Crippen molar-refractivity contribution in [1.29, 1.82) is 0 Å². The number of halogens is 6. The van der Waals surface area contributed by atoms with Crippen LogP contribution in [0.5, 0.6) is 0 Å². The van der Waals surface area contributed by atoms with Crippen molar-refractivity contribution in [2.24, 2.45) is 0 Å². The first-order valence-electron chi connectivity index (χ1n) is 10.7. The van der Waals surface area contributed by atoms with Gasteiger partial charge in [-0.2, -0.15) is 26.3 Å². The average molecular weight is 559 g/mol. The lowest BCUT2D eigenvalue weighted by atomic mass is 10.3. The van der Waals surface area contributed by atoms with Gasteiger partial charge in [0.25, 0.3) is 0 Å². The van der Waals surface area contributed by atoms with Crippen LogP contribution in [-0.2, 0) is 20.2 Å². The van der Waals surface area contributed by atoms with Gasteiger partial charge in [-0.3, -0.25) is 0 Å². The molecule has 34 heavy (non-hydrogen) atoms. The summed E-state index contributed by atoms with van der Waals surface area (Å²) in [6, 6.07) is 0. The van der Waals surface area contributed by atoms with E-state index in [1.807, 2.05) is 0 Å². The van der Waals surface area contributed by atoms with Crippen molar-refractivity contribution in [3.05, 3.63) is 0 Å². The average Bonchev–Trinajstić information content (AvgIpc) is 2.71. The van der Waals surface area contributed by atoms with E-state index >= 15 is 0 Å². The van der Waals surface area contributed by atoms with Crippen molar-refractivity contribution in [2.45, 2.75) is 66.4 Å². The van der Waals surface area contributed by atoms with Crippen LogP contribution >= 0.6 is 0 Å². The molecule has 0 saturated carbocycles. The minimum absolute atomic E-state index is 1.28. The minimum atomic E-state index is -6.09. The van der Waals surface area contributed by atoms with E-state index in [0.717, 1.165) is 0 Å². The molecule has 8 nitrogen and oxygen atoms in total. The minimum Gasteiger partial charge on any atom is -0.741 e. The lowest BCUT2D eigenvalue weighted by Gasteiger charge is -2.34. The van der Waals surface area contributed by atoms with Gasteiger partial charge in [-0.25, -0.2) is 16.8 Å². The molecule has 0 amide bonds. The van der Waals surface area contributed by atoms with E-state index in [4.69, 9.17) is 25.9 Å². The molecule has 0 aromatic carbocycles. The Kier molecular flexibility index (Phi) is 20.1. The topological polar surface area (TPSA) is 114 Å². The van der Waals surface area contributed by atoms with E-state index < -0.39 is 31.3 Å². The molecule has 212 valence electrons. The third-order valence-corrected chi connectivity index (χ3v) is 7.07. The molecule has 0 saturated heterocycles. The molecule has 0 aliphatic carbocycles. The van der Waals surface area contributed by atoms with Gasteiger partial charge >= 0.3 is 11.0 Å². The van der Waals surface area contributed by atoms with Gasteiger partial charge in [0, 0.05) is 0 Å². The zero-order chi connectivity index (χ0) is 28.7. The summed E-state index contributed by atoms with van der Waals surface area (Å²) >= 11 is 0. The Hall–Kier alpha value is -0.680. The second kappa shape index (κ2) is 16.9. The highest BCUT2D eigenvalue weighted by molar-refractivity contribution is 7.86. The fourth-order valence-corrected chi connectivity index (χ4v) is 2.68. The van der Waals surface area contributed by atoms with E-state index in [0.29, 0.717) is 0 Å². The van der Waals surface area contributed by atoms with Gasteiger partial charge < -0.3 is 18.1 Å². The van der Waals surface area contributed by atoms with Gasteiger partial charge in [-0.05, 0) is 55.4 Å². The molecule has 0 aliphatic heterocycles. The number of hydrogen-bond donors (Lipinski definition) is 0. The van der Waals surface area contributed by atoms with Gasteiger partial charge in [0.05, 0.1) is 52.4 Å². The molecule has 0 rings (SSSR count). The number of rotatable bonds is 8. The smallest absolute Gasteiger partial charge is 0.485 e. The van der Waals surface area contributed by atoms with Crippen LogP contribution in [0.25, 0.3) is 0 Å². The lowest BCUT2D eigenvalue weighted by molar-refractivity contribution is -0.921. The first-order chi connectivity index (χ1) is 15.0. The fourth-order valence-electron chi connectivity index (χ4n) is 2.68. The highest BCUT2D eigenvalue weighted by Crippen LogP contribution is 2.21. The van der Waals surface area contributed by atoms with Gasteiger partial charge in [0.1, 0.15) is 0 Å². The van der Waals surface area contributed by atoms with Crippen molar-refractivity contribution < 1.29 is 61.2 Å². The molecular weight excluding hydrogens is 518 g/mol. The lowest BCUT2D eigenvalue weighted by Crippen LogP contribution is -2.47. The fraction of sp³-hybridized carbons (Fsp3) is 1.00. The first kappa shape index (κ1) is 40.5. The van der Waals surface area contributed by atoms with E-state index in [9.17, 15) is 26.3 Å². The Balaban J connectivity index is -0.000000177. The molecule has 0 spiro atoms. The van der Waals surface area contributed by atoms with Crippen LogP contribution in [0.1, 0.15) is 55.4 Å². The van der Waals surface area contributed by atoms with Crippen molar-refractivity contribution in [2.75, 3.05) is 52.4 Å². The molecule has 0 unspecified atom stereocenters. The summed E-state index contributed by atoms with van der Waals surface area (Å²) in [5.41, 5.74) is -11.3. The Morgan fingerprint density at radius 2 is 0.559 bits per heavy atom. The summed E-state index contributed by atoms with van der Waals surface area (Å²) in [6.45, 7) is 28.4. The predicted octanol–water partition coefficient (Wildman–Crippen LogP) is 3.87. The monoisotopic (exact) mass is 558 g/mol. The molecule has 16 heteroatoms. The number of quaternary nitrogens is 2. The highest BCUT2D eigenvalue weighted by atomic mass is 32.2. The first-order valence-corrected chi connectivity index (χ1v) is 13.5. The van der Waals surface area contributed by atoms with Gasteiger partial charge in [0.15, 0.2) is 20.2 Å². The standard InChI is InChI=1S/2C8H20N.2CHF3O3S/c2*1-5-9(6-2,7-3)8-4;2*2-1(3,4)8(5,6)7/h2*5-8H2,1-4H3;2*(H,5,6,7)/q2*+1;;/p-2. The Morgan fingerprint density at radius 3 is 0.559 bits per heavy atom. The molecule has 0 bridgehead atoms. The molecule has 0 fully saturated rings. The van der Waals surface area contributed by atoms with E-state index in [1.165, 1.54) is 61.3 Å². The molecule has 0 N–H and O–H groups in total. The summed E-state index contributed by atoms with van der Waals surface area (Å²) in [6.07, 6.45) is 0. The number of hydrogen-bond acceptors (Lipinski definition) is 6. The number of alkyl halides is 6. The van der Waals surface area contributed by atoms with Crippen molar-refractivity contribution in [1.82, 2.24) is 0 Å². The van der Waals surface area contributed by atoms with Crippen LogP contribution in [0, 0.1) is 0 Å². The van der Waals surface area contributed by atoms with Crippen LogP contribution in [-0.4, -0.2) is 98.3 Å². The summed E-state index contributed by atoms with van der Waals surface area (Å²) < 4.78 is 120. The zero-order valence-corrected chi connectivity index (χ0v) is 22.7. The largest absolute Gasteiger partial charge is 0.741 e. The SMILES string of the molecule is CC[N+](CC)(CC)CC.CC[N+](CC)(CC)CC.O=S(=O)([O-])C(F)(F)F.O=S(=O)([O-])C(F)(F)F. The maximum absolute atomic E-state index is 10.7. The summed E-state index contributed by atoms with van der Waals surface area (Å²) in [5, 5.41) is 0. The molecule has 0 radical (unpaired) electrons. The molecule has 0 heterocycles. The molecule has 0 aliphatic rings. The molecule has 0 aromatic heterocycles. The quantitative estimate of drug-likeness (QED) is 0.193. The molecule has 0 atom stereocenters. The summed E-state index contributed by atoms with van der Waals surface area (Å²) in [4.78, 5) is 0. The molecular formula is C18H40F6N2O6S2. The second-order valence-corrected chi connectivity index (χ2v) is 9.76. The Morgan fingerprint density at radius 1 is 0.471 bits per heavy atom. The summed E-state index contributed by atoms with van der Waals surface area (Å²) in [7, 11) is -12.2. The Labute approximate surface area is 200 Å². The second-order valence-electron chi connectivity index (χ2n) is 7.01. The van der Waals surface area contributed by atoms with Crippen LogP contribution in [0.15, 0.2) is 0 Å². The van der Waals surface area contributed by atoms with Crippen molar-refractivity contribution in [3.63, 3.8) is 0 Å². The van der Waals surface area contributed by atoms with Crippen LogP contribution in [0.2, 0.25) is 0 Å². The summed E-state index contributed by atoms with van der Waals surface area (Å²) in [5.74, 6) is 0. The van der Waals surface area contributed by atoms with Crippen molar-refractivity contribution >= 4 is 20.2 Å². The maximum atomic E-state index is 10.7. The van der Waals surface area contributed by atoms with Crippen molar-refractivity contribution in [3.8, 4) is 0 Å².